The van der Waals surface area contributed by atoms with E-state index in [0.29, 0.717) is 63.4 Å². The van der Waals surface area contributed by atoms with Crippen LogP contribution in [0.15, 0.2) is 47.6 Å². The molecule has 3 aliphatic heterocycles. The van der Waals surface area contributed by atoms with Crippen LogP contribution in [0.2, 0.25) is 0 Å². The van der Waals surface area contributed by atoms with Crippen LogP contribution in [0.3, 0.4) is 0 Å². The molecule has 3 fully saturated rings. The Bertz CT molecular complexity index is 2020. The Morgan fingerprint density at radius 3 is 2.29 bits per heavy atom. The lowest BCUT2D eigenvalue weighted by atomic mass is 9.78. The summed E-state index contributed by atoms with van der Waals surface area (Å²) in [5.74, 6) is -8.34. The lowest BCUT2D eigenvalue weighted by Gasteiger charge is -2.43. The summed E-state index contributed by atoms with van der Waals surface area (Å²) in [6.07, 6.45) is 12.0. The van der Waals surface area contributed by atoms with Crippen molar-refractivity contribution < 1.29 is 72.5 Å². The van der Waals surface area contributed by atoms with Gasteiger partial charge in [0.05, 0.1) is 37.6 Å². The number of hydrogen-bond acceptors (Lipinski definition) is 15. The fourth-order valence-corrected chi connectivity index (χ4v) is 11.1. The molecule has 75 heavy (non-hydrogen) atoms. The lowest BCUT2D eigenvalue weighted by molar-refractivity contribution is -0.266. The highest BCUT2D eigenvalue weighted by molar-refractivity contribution is 6.39. The van der Waals surface area contributed by atoms with Crippen LogP contribution in [0.4, 0.5) is 0 Å². The van der Waals surface area contributed by atoms with Crippen molar-refractivity contribution in [1.29, 1.82) is 0 Å². The molecule has 15 atom stereocenters. The molecule has 0 unspecified atom stereocenters. The van der Waals surface area contributed by atoms with E-state index in [1.54, 1.807) is 55.0 Å². The van der Waals surface area contributed by atoms with Gasteiger partial charge in [0.25, 0.3) is 11.7 Å². The molecule has 424 valence electrons. The van der Waals surface area contributed by atoms with E-state index in [0.717, 1.165) is 12.0 Å². The fraction of sp³-hybridized carbons (Fsp3) is 0.759. The average Bonchev–Trinajstić information content (AvgIpc) is 3.38. The summed E-state index contributed by atoms with van der Waals surface area (Å²) in [5, 5.41) is 33.1. The zero-order valence-corrected chi connectivity index (χ0v) is 46.9. The number of esters is 1. The zero-order valence-electron chi connectivity index (χ0n) is 46.9. The van der Waals surface area contributed by atoms with Gasteiger partial charge < -0.3 is 53.5 Å². The molecule has 4 aliphatic rings. The number of ether oxygens (including phenoxy) is 6. The van der Waals surface area contributed by atoms with Crippen LogP contribution in [-0.4, -0.2) is 169 Å². The number of aliphatic hydroxyl groups is 3. The number of carbonyl (C=O) groups excluding carboxylic acids is 6. The van der Waals surface area contributed by atoms with Gasteiger partial charge in [0.15, 0.2) is 5.78 Å². The number of Topliss-reactive ketones (excluding diaryl/α,β-unsaturated/α-hetero) is 3. The molecule has 3 N–H and O–H groups in total. The Morgan fingerprint density at radius 2 is 1.61 bits per heavy atom. The molecule has 2 bridgehead atoms. The number of fused-ring (bicyclic) bond motifs is 3. The summed E-state index contributed by atoms with van der Waals surface area (Å²) in [5.41, 5.74) is 1.20. The molecule has 2 saturated heterocycles. The van der Waals surface area contributed by atoms with Gasteiger partial charge in [0.1, 0.15) is 30.1 Å². The molecule has 0 aromatic carbocycles. The maximum atomic E-state index is 14.6. The van der Waals surface area contributed by atoms with Crippen molar-refractivity contribution in [2.24, 2.45) is 35.5 Å². The van der Waals surface area contributed by atoms with E-state index in [1.807, 2.05) is 51.2 Å². The SMILES string of the molecule is CO[C@@H]1C[C@H](C[C@@H](C)[C@@H]2CC(=O)[C@H](C)/C=C(\C)[C@@H](O)[C@@H](OC)C(=O)[C@H](C)C[C@H](C)/C=C/C=C/C=C(\C)[C@H](OCCCC(=O)N(C)C)C[C@@H]3CC[C@@H](C)[C@@](O)(O3)C(=O)C(=O)N3CCCC[C@H]3C(=O)O2)CC[C@H]1OCCO. The second kappa shape index (κ2) is 30.9. The number of aliphatic hydroxyl groups excluding tert-OH is 2. The molecule has 0 aromatic rings. The molecule has 0 aromatic heterocycles. The Kier molecular flexibility index (Phi) is 26.2. The molecular weight excluding hydrogens is 965 g/mol. The maximum Gasteiger partial charge on any atom is 0.329 e. The van der Waals surface area contributed by atoms with E-state index in [4.69, 9.17) is 28.4 Å². The standard InChI is InChI=1S/C58H92N2O15/c1-36-18-13-12-14-19-37(2)48(72-28-17-21-51(63)59(8)9)34-44-24-22-42(7)58(69,75-44)55(66)56(67)60-26-16-15-20-45(60)57(68)74-49(39(4)32-43-23-25-47(73-29-27-61)50(33-43)70-10)35-46(62)38(3)31-41(6)53(65)54(71-11)52(64)40(5)30-36/h12-14,18-19,31,36,38-40,42-45,47-50,53-54,61,65,69H,15-17,20-30,32-35H2,1-11H3/b14-12+,18-13+,37-19+,41-31+/t36-,38-,39-,40-,42-,43+,44+,45+,47-,48-,49+,50-,53-,54+,58-/m1/s1. The minimum absolute atomic E-state index is 0.0219. The van der Waals surface area contributed by atoms with Crippen molar-refractivity contribution >= 4 is 35.1 Å². The van der Waals surface area contributed by atoms with E-state index in [2.05, 4.69) is 0 Å². The van der Waals surface area contributed by atoms with Crippen molar-refractivity contribution in [3.8, 4) is 0 Å². The summed E-state index contributed by atoms with van der Waals surface area (Å²) in [6, 6.07) is -1.18. The highest BCUT2D eigenvalue weighted by Crippen LogP contribution is 2.38. The number of methoxy groups -OCH3 is 2. The Morgan fingerprint density at radius 1 is 0.880 bits per heavy atom. The highest BCUT2D eigenvalue weighted by atomic mass is 16.6. The summed E-state index contributed by atoms with van der Waals surface area (Å²) >= 11 is 0. The molecular formula is C58H92N2O15. The predicted octanol–water partition coefficient (Wildman–Crippen LogP) is 6.44. The molecule has 17 nitrogen and oxygen atoms in total. The highest BCUT2D eigenvalue weighted by Gasteiger charge is 2.53. The van der Waals surface area contributed by atoms with Gasteiger partial charge in [-0.1, -0.05) is 71.1 Å². The third kappa shape index (κ3) is 18.3. The van der Waals surface area contributed by atoms with E-state index in [-0.39, 0.29) is 99.5 Å². The van der Waals surface area contributed by atoms with Gasteiger partial charge in [-0.25, -0.2) is 4.79 Å². The third-order valence-electron chi connectivity index (χ3n) is 15.9. The largest absolute Gasteiger partial charge is 0.460 e. The van der Waals surface area contributed by atoms with Gasteiger partial charge in [-0.05, 0) is 113 Å². The van der Waals surface area contributed by atoms with Crippen LogP contribution < -0.4 is 0 Å². The molecule has 0 radical (unpaired) electrons. The van der Waals surface area contributed by atoms with Crippen molar-refractivity contribution in [2.45, 2.75) is 193 Å². The van der Waals surface area contributed by atoms with Crippen LogP contribution in [0.1, 0.15) is 138 Å². The molecule has 2 amide bonds. The first-order valence-electron chi connectivity index (χ1n) is 27.6. The van der Waals surface area contributed by atoms with Gasteiger partial charge in [0, 0.05) is 78.5 Å². The lowest BCUT2D eigenvalue weighted by Crippen LogP contribution is -2.61. The van der Waals surface area contributed by atoms with Crippen LogP contribution in [-0.2, 0) is 57.2 Å². The summed E-state index contributed by atoms with van der Waals surface area (Å²) < 4.78 is 36.3. The quantitative estimate of drug-likeness (QED) is 0.0782. The molecule has 0 spiro atoms. The van der Waals surface area contributed by atoms with Crippen molar-refractivity contribution in [3.05, 3.63) is 47.6 Å². The van der Waals surface area contributed by atoms with Crippen molar-refractivity contribution in [2.75, 3.05) is 54.7 Å². The molecule has 3 heterocycles. The van der Waals surface area contributed by atoms with Gasteiger partial charge in [-0.2, -0.15) is 0 Å². The first kappa shape index (κ1) is 63.6. The van der Waals surface area contributed by atoms with Crippen molar-refractivity contribution in [1.82, 2.24) is 9.80 Å². The van der Waals surface area contributed by atoms with Gasteiger partial charge in [0.2, 0.25) is 11.7 Å². The second-order valence-electron chi connectivity index (χ2n) is 22.2. The molecule has 1 saturated carbocycles. The maximum absolute atomic E-state index is 14.6. The smallest absolute Gasteiger partial charge is 0.329 e. The fourth-order valence-electron chi connectivity index (χ4n) is 11.1. The normalized spacial score (nSPS) is 36.5. The number of cyclic esters (lactones) is 1. The number of amides is 2. The summed E-state index contributed by atoms with van der Waals surface area (Å²) in [7, 11) is 6.39. The average molecular weight is 1060 g/mol. The van der Waals surface area contributed by atoms with E-state index >= 15 is 0 Å². The number of allylic oxidation sites excluding steroid dienone is 6. The molecule has 1 aliphatic carbocycles. The van der Waals surface area contributed by atoms with Crippen LogP contribution in [0.5, 0.6) is 0 Å². The first-order valence-corrected chi connectivity index (χ1v) is 27.6. The topological polar surface area (TPSA) is 225 Å². The minimum atomic E-state index is -2.50. The van der Waals surface area contributed by atoms with Crippen LogP contribution >= 0.6 is 0 Å². The number of hydrogen-bond donors (Lipinski definition) is 3. The van der Waals surface area contributed by atoms with E-state index < -0.39 is 77.8 Å². The monoisotopic (exact) mass is 1060 g/mol. The Hall–Kier alpha value is -3.94. The molecule has 17 heteroatoms. The van der Waals surface area contributed by atoms with E-state index in [9.17, 15) is 44.1 Å². The molecule has 4 rings (SSSR count). The predicted molar refractivity (Wildman–Crippen MR) is 283 cm³/mol. The minimum Gasteiger partial charge on any atom is -0.460 e. The summed E-state index contributed by atoms with van der Waals surface area (Å²) in [6.45, 7) is 13.0. The first-order chi connectivity index (χ1) is 35.6. The second-order valence-corrected chi connectivity index (χ2v) is 22.2. The van der Waals surface area contributed by atoms with Crippen molar-refractivity contribution in [3.63, 3.8) is 0 Å². The Balaban J connectivity index is 1.71. The van der Waals surface area contributed by atoms with Gasteiger partial charge in [-0.3, -0.25) is 24.0 Å². The summed E-state index contributed by atoms with van der Waals surface area (Å²) in [4.78, 5) is 86.7. The van der Waals surface area contributed by atoms with Gasteiger partial charge >= 0.3 is 5.97 Å². The number of ketones is 3. The van der Waals surface area contributed by atoms with Crippen LogP contribution in [0, 0.1) is 35.5 Å². The van der Waals surface area contributed by atoms with E-state index in [1.165, 1.54) is 16.9 Å². The number of nitrogens with zero attached hydrogens (tertiary/aromatic N) is 2. The zero-order chi connectivity index (χ0) is 55.6. The Labute approximate surface area is 446 Å². The van der Waals surface area contributed by atoms with Crippen LogP contribution in [0.25, 0.3) is 0 Å². The third-order valence-corrected chi connectivity index (χ3v) is 15.9. The number of rotatable bonds is 13. The number of piperidine rings is 1. The number of carbonyl (C=O) groups is 6. The van der Waals surface area contributed by atoms with Gasteiger partial charge in [-0.15, -0.1) is 0 Å².